The van der Waals surface area contributed by atoms with Gasteiger partial charge in [-0.25, -0.2) is 0 Å². The van der Waals surface area contributed by atoms with Crippen LogP contribution in [0.15, 0.2) is 60.7 Å². The highest BCUT2D eigenvalue weighted by Crippen LogP contribution is 2.16. The number of carbonyl (C=O) groups excluding carboxylic acids is 2. The summed E-state index contributed by atoms with van der Waals surface area (Å²) in [7, 11) is 0. The molecule has 2 aromatic carbocycles. The van der Waals surface area contributed by atoms with E-state index in [2.05, 4.69) is 5.92 Å². The molecular formula is C18H14O4. The minimum atomic E-state index is -1.16. The first-order chi connectivity index (χ1) is 10.7. The largest absolute Gasteiger partial charge is 0.426 e. The Bertz CT molecular complexity index is 618. The van der Waals surface area contributed by atoms with E-state index in [0.717, 1.165) is 0 Å². The third kappa shape index (κ3) is 4.22. The van der Waals surface area contributed by atoms with E-state index in [1.165, 1.54) is 0 Å². The zero-order valence-electron chi connectivity index (χ0n) is 11.8. The summed E-state index contributed by atoms with van der Waals surface area (Å²) in [6.45, 7) is 0. The normalized spacial score (nSPS) is 9.82. The fraction of sp³-hybridized carbons (Fsp3) is 0.111. The number of benzene rings is 2. The summed E-state index contributed by atoms with van der Waals surface area (Å²) in [5.74, 6) is 0.373. The molecule has 2 rings (SSSR count). The second-order valence-electron chi connectivity index (χ2n) is 4.43. The minimum absolute atomic E-state index is 0.0860. The van der Waals surface area contributed by atoms with Crippen molar-refractivity contribution in [1.29, 1.82) is 0 Å². The molecule has 0 atom stereocenters. The van der Waals surface area contributed by atoms with Gasteiger partial charge in [-0.3, -0.25) is 9.59 Å². The van der Waals surface area contributed by atoms with Crippen LogP contribution in [0, 0.1) is 18.3 Å². The van der Waals surface area contributed by atoms with Gasteiger partial charge in [0.2, 0.25) is 0 Å². The Morgan fingerprint density at radius 3 is 1.64 bits per heavy atom. The number of carbonyl (C=O) groups is 2. The van der Waals surface area contributed by atoms with Gasteiger partial charge in [0.05, 0.1) is 0 Å². The first kappa shape index (κ1) is 15.3. The van der Waals surface area contributed by atoms with Crippen LogP contribution in [-0.4, -0.2) is 11.9 Å². The van der Waals surface area contributed by atoms with E-state index in [0.29, 0.717) is 11.5 Å². The molecule has 2 aromatic rings. The predicted molar refractivity (Wildman–Crippen MR) is 81.1 cm³/mol. The Morgan fingerprint density at radius 2 is 1.27 bits per heavy atom. The fourth-order valence-corrected chi connectivity index (χ4v) is 1.73. The third-order valence-electron chi connectivity index (χ3n) is 2.81. The Hall–Kier alpha value is -3.06. The molecular weight excluding hydrogens is 280 g/mol. The predicted octanol–water partition coefficient (Wildman–Crippen LogP) is 2.84. The smallest absolute Gasteiger partial charge is 0.326 e. The van der Waals surface area contributed by atoms with Gasteiger partial charge >= 0.3 is 11.9 Å². The lowest BCUT2D eigenvalue weighted by Gasteiger charge is -2.13. The van der Waals surface area contributed by atoms with Gasteiger partial charge in [-0.15, -0.1) is 12.3 Å². The van der Waals surface area contributed by atoms with Gasteiger partial charge in [0.25, 0.3) is 0 Å². The van der Waals surface area contributed by atoms with Crippen molar-refractivity contribution >= 4 is 11.9 Å². The summed E-state index contributed by atoms with van der Waals surface area (Å²) in [6, 6.07) is 17.0. The van der Waals surface area contributed by atoms with Crippen LogP contribution in [0.3, 0.4) is 0 Å². The average Bonchev–Trinajstić information content (AvgIpc) is 2.54. The quantitative estimate of drug-likeness (QED) is 0.368. The Balaban J connectivity index is 2.07. The maximum Gasteiger partial charge on any atom is 0.326 e. The van der Waals surface area contributed by atoms with Crippen molar-refractivity contribution < 1.29 is 19.1 Å². The molecule has 0 heterocycles. The monoisotopic (exact) mass is 294 g/mol. The van der Waals surface area contributed by atoms with Crippen molar-refractivity contribution in [2.24, 2.45) is 5.92 Å². The molecule has 0 saturated heterocycles. The molecule has 110 valence electrons. The summed E-state index contributed by atoms with van der Waals surface area (Å²) >= 11 is 0. The van der Waals surface area contributed by atoms with Crippen LogP contribution in [0.25, 0.3) is 0 Å². The van der Waals surface area contributed by atoms with E-state index in [9.17, 15) is 9.59 Å². The highest BCUT2D eigenvalue weighted by molar-refractivity contribution is 5.97. The third-order valence-corrected chi connectivity index (χ3v) is 2.81. The van der Waals surface area contributed by atoms with Gasteiger partial charge in [0, 0.05) is 6.42 Å². The average molecular weight is 294 g/mol. The lowest BCUT2D eigenvalue weighted by atomic mass is 10.1. The molecule has 4 heteroatoms. The van der Waals surface area contributed by atoms with E-state index in [-0.39, 0.29) is 6.42 Å². The summed E-state index contributed by atoms with van der Waals surface area (Å²) in [5, 5.41) is 0. The summed E-state index contributed by atoms with van der Waals surface area (Å²) < 4.78 is 10.3. The van der Waals surface area contributed by atoms with Gasteiger partial charge in [-0.05, 0) is 24.3 Å². The van der Waals surface area contributed by atoms with E-state index in [1.807, 2.05) is 0 Å². The molecule has 0 N–H and O–H groups in total. The van der Waals surface area contributed by atoms with Gasteiger partial charge in [-0.2, -0.15) is 0 Å². The van der Waals surface area contributed by atoms with Crippen molar-refractivity contribution in [1.82, 2.24) is 0 Å². The first-order valence-corrected chi connectivity index (χ1v) is 6.67. The molecule has 22 heavy (non-hydrogen) atoms. The summed E-state index contributed by atoms with van der Waals surface area (Å²) in [5.41, 5.74) is 0. The molecule has 4 nitrogen and oxygen atoms in total. The van der Waals surface area contributed by atoms with Crippen LogP contribution in [0.1, 0.15) is 6.42 Å². The fourth-order valence-electron chi connectivity index (χ4n) is 1.73. The van der Waals surface area contributed by atoms with E-state index < -0.39 is 17.9 Å². The van der Waals surface area contributed by atoms with Crippen LogP contribution in [0.5, 0.6) is 11.5 Å². The van der Waals surface area contributed by atoms with Crippen molar-refractivity contribution in [3.8, 4) is 23.8 Å². The van der Waals surface area contributed by atoms with Gasteiger partial charge in [-0.1, -0.05) is 36.4 Å². The van der Waals surface area contributed by atoms with E-state index >= 15 is 0 Å². The number of rotatable bonds is 5. The number of esters is 2. The van der Waals surface area contributed by atoms with Gasteiger partial charge < -0.3 is 9.47 Å². The second-order valence-corrected chi connectivity index (χ2v) is 4.43. The molecule has 0 aliphatic heterocycles. The van der Waals surface area contributed by atoms with Gasteiger partial charge in [0.15, 0.2) is 5.92 Å². The zero-order valence-corrected chi connectivity index (χ0v) is 11.8. The standard InChI is InChI=1S/C18H14O4/c1-2-9-16(17(19)21-14-10-5-3-6-11-14)18(20)22-15-12-7-4-8-13-15/h1,3-8,10-13,16H,9H2. The van der Waals surface area contributed by atoms with Crippen LogP contribution in [0.4, 0.5) is 0 Å². The van der Waals surface area contributed by atoms with Crippen molar-refractivity contribution in [2.45, 2.75) is 6.42 Å². The zero-order chi connectivity index (χ0) is 15.8. The van der Waals surface area contributed by atoms with Crippen LogP contribution in [-0.2, 0) is 9.59 Å². The highest BCUT2D eigenvalue weighted by atomic mass is 16.6. The Labute approximate surface area is 128 Å². The van der Waals surface area contributed by atoms with Gasteiger partial charge in [0.1, 0.15) is 11.5 Å². The molecule has 0 bridgehead atoms. The maximum atomic E-state index is 12.1. The van der Waals surface area contributed by atoms with Crippen molar-refractivity contribution in [3.63, 3.8) is 0 Å². The molecule has 0 aromatic heterocycles. The number of hydrogen-bond acceptors (Lipinski definition) is 4. The lowest BCUT2D eigenvalue weighted by Crippen LogP contribution is -2.31. The first-order valence-electron chi connectivity index (χ1n) is 6.67. The minimum Gasteiger partial charge on any atom is -0.426 e. The molecule has 0 amide bonds. The molecule has 0 radical (unpaired) electrons. The van der Waals surface area contributed by atoms with Crippen molar-refractivity contribution in [2.75, 3.05) is 0 Å². The van der Waals surface area contributed by atoms with E-state index in [4.69, 9.17) is 15.9 Å². The van der Waals surface area contributed by atoms with Crippen molar-refractivity contribution in [3.05, 3.63) is 60.7 Å². The Kier molecular flexibility index (Phi) is 5.33. The number of terminal acetylenes is 1. The lowest BCUT2D eigenvalue weighted by molar-refractivity contribution is -0.151. The van der Waals surface area contributed by atoms with E-state index in [1.54, 1.807) is 60.7 Å². The summed E-state index contributed by atoms with van der Waals surface area (Å²) in [4.78, 5) is 24.2. The topological polar surface area (TPSA) is 52.6 Å². The number of para-hydroxylation sites is 2. The number of ether oxygens (including phenoxy) is 2. The highest BCUT2D eigenvalue weighted by Gasteiger charge is 2.30. The molecule has 0 spiro atoms. The molecule has 0 unspecified atom stereocenters. The molecule has 0 saturated carbocycles. The van der Waals surface area contributed by atoms with Crippen LogP contribution in [0.2, 0.25) is 0 Å². The summed E-state index contributed by atoms with van der Waals surface area (Å²) in [6.07, 6.45) is 5.14. The molecule has 0 fully saturated rings. The second kappa shape index (κ2) is 7.65. The molecule has 0 aliphatic rings. The number of hydrogen-bond donors (Lipinski definition) is 0. The Morgan fingerprint density at radius 1 is 0.864 bits per heavy atom. The van der Waals surface area contributed by atoms with Crippen LogP contribution >= 0.6 is 0 Å². The maximum absolute atomic E-state index is 12.1. The SMILES string of the molecule is C#CCC(C(=O)Oc1ccccc1)C(=O)Oc1ccccc1. The molecule has 0 aliphatic carbocycles. The van der Waals surface area contributed by atoms with Crippen LogP contribution < -0.4 is 9.47 Å².